The first-order valence-electron chi connectivity index (χ1n) is 13.6. The molecule has 172 valence electrons. The summed E-state index contributed by atoms with van der Waals surface area (Å²) in [5.74, 6) is 1.34. The van der Waals surface area contributed by atoms with Crippen LogP contribution in [0.25, 0.3) is 0 Å². The molecular weight excluding hydrogens is 356 g/mol. The van der Waals surface area contributed by atoms with Gasteiger partial charge >= 0.3 is 0 Å². The first kappa shape index (κ1) is 25.2. The van der Waals surface area contributed by atoms with Gasteiger partial charge in [0, 0.05) is 6.61 Å². The van der Waals surface area contributed by atoms with Crippen LogP contribution in [0.3, 0.4) is 0 Å². The molecule has 0 radical (unpaired) electrons. The highest BCUT2D eigenvalue weighted by Crippen LogP contribution is 2.37. The molecule has 2 rings (SSSR count). The molecule has 4 unspecified atom stereocenters. The van der Waals surface area contributed by atoms with Crippen molar-refractivity contribution in [2.75, 3.05) is 6.61 Å². The number of aliphatic hydroxyl groups is 1. The van der Waals surface area contributed by atoms with Crippen LogP contribution in [0, 0.1) is 11.8 Å². The summed E-state index contributed by atoms with van der Waals surface area (Å²) in [4.78, 5) is 0. The lowest BCUT2D eigenvalue weighted by molar-refractivity contribution is -0.0215. The normalized spacial score (nSPS) is 27.5. The number of rotatable bonds is 16. The molecule has 0 saturated heterocycles. The molecule has 2 fully saturated rings. The Morgan fingerprint density at radius 1 is 0.586 bits per heavy atom. The van der Waals surface area contributed by atoms with Crippen molar-refractivity contribution in [3.8, 4) is 0 Å². The second-order valence-corrected chi connectivity index (χ2v) is 10.2. The van der Waals surface area contributed by atoms with E-state index in [2.05, 4.69) is 6.92 Å². The Balaban J connectivity index is 1.38. The maximum Gasteiger partial charge on any atom is 0.0604 e. The van der Waals surface area contributed by atoms with Crippen molar-refractivity contribution in [2.24, 2.45) is 11.8 Å². The Morgan fingerprint density at radius 3 is 1.72 bits per heavy atom. The van der Waals surface area contributed by atoms with Crippen LogP contribution >= 0.6 is 0 Å². The van der Waals surface area contributed by atoms with Crippen molar-refractivity contribution in [1.82, 2.24) is 0 Å². The summed E-state index contributed by atoms with van der Waals surface area (Å²) in [6.45, 7) is 3.24. The van der Waals surface area contributed by atoms with Crippen LogP contribution in [0.4, 0.5) is 0 Å². The van der Waals surface area contributed by atoms with E-state index in [9.17, 15) is 5.11 Å². The predicted octanol–water partition coefficient (Wildman–Crippen LogP) is 8.20. The summed E-state index contributed by atoms with van der Waals surface area (Å²) >= 11 is 0. The topological polar surface area (TPSA) is 29.5 Å². The first-order chi connectivity index (χ1) is 14.3. The third kappa shape index (κ3) is 11.2. The molecule has 0 aromatic heterocycles. The molecule has 4 atom stereocenters. The molecule has 0 amide bonds. The van der Waals surface area contributed by atoms with Gasteiger partial charge in [-0.2, -0.15) is 0 Å². The van der Waals surface area contributed by atoms with Crippen LogP contribution in [0.2, 0.25) is 0 Å². The van der Waals surface area contributed by atoms with Gasteiger partial charge in [0.15, 0.2) is 0 Å². The zero-order chi connectivity index (χ0) is 20.6. The fourth-order valence-corrected chi connectivity index (χ4v) is 5.67. The lowest BCUT2D eigenvalue weighted by atomic mass is 9.84. The molecule has 2 bridgehead atoms. The Hall–Kier alpha value is -0.0800. The van der Waals surface area contributed by atoms with Gasteiger partial charge in [-0.1, -0.05) is 96.8 Å². The van der Waals surface area contributed by atoms with Gasteiger partial charge in [0.1, 0.15) is 0 Å². The van der Waals surface area contributed by atoms with Crippen molar-refractivity contribution in [3.05, 3.63) is 0 Å². The molecule has 2 aliphatic carbocycles. The average molecular weight is 409 g/mol. The van der Waals surface area contributed by atoms with E-state index in [1.165, 1.54) is 122 Å². The Bertz CT molecular complexity index is 370. The smallest absolute Gasteiger partial charge is 0.0604 e. The van der Waals surface area contributed by atoms with Crippen molar-refractivity contribution in [2.45, 2.75) is 154 Å². The lowest BCUT2D eigenvalue weighted by Crippen LogP contribution is -2.30. The molecule has 2 heteroatoms. The van der Waals surface area contributed by atoms with Gasteiger partial charge in [-0.15, -0.1) is 0 Å². The Labute approximate surface area is 182 Å². The number of aliphatic hydroxyl groups excluding tert-OH is 1. The number of unbranched alkanes of at least 4 members (excludes halogenated alkanes) is 13. The van der Waals surface area contributed by atoms with Gasteiger partial charge in [0.25, 0.3) is 0 Å². The molecule has 2 nitrogen and oxygen atoms in total. The highest BCUT2D eigenvalue weighted by atomic mass is 16.5. The largest absolute Gasteiger partial charge is 0.393 e. The minimum Gasteiger partial charge on any atom is -0.393 e. The van der Waals surface area contributed by atoms with Crippen LogP contribution in [0.1, 0.15) is 142 Å². The second kappa shape index (κ2) is 16.6. The maximum atomic E-state index is 10.4. The van der Waals surface area contributed by atoms with Crippen molar-refractivity contribution in [3.63, 3.8) is 0 Å². The predicted molar refractivity (Wildman–Crippen MR) is 125 cm³/mol. The molecular formula is C27H52O2. The second-order valence-electron chi connectivity index (χ2n) is 10.2. The fraction of sp³-hybridized carbons (Fsp3) is 1.00. The van der Waals surface area contributed by atoms with E-state index in [4.69, 9.17) is 4.74 Å². The molecule has 0 spiro atoms. The van der Waals surface area contributed by atoms with Crippen LogP contribution in [0.15, 0.2) is 0 Å². The van der Waals surface area contributed by atoms with E-state index in [1.807, 2.05) is 0 Å². The van der Waals surface area contributed by atoms with Crippen LogP contribution < -0.4 is 0 Å². The minimum atomic E-state index is -0.0683. The van der Waals surface area contributed by atoms with Crippen molar-refractivity contribution < 1.29 is 9.84 Å². The summed E-state index contributed by atoms with van der Waals surface area (Å²) in [6.07, 6.45) is 28.5. The lowest BCUT2D eigenvalue weighted by Gasteiger charge is -2.31. The summed E-state index contributed by atoms with van der Waals surface area (Å²) in [5, 5.41) is 10.4. The maximum absolute atomic E-state index is 10.4. The van der Waals surface area contributed by atoms with Gasteiger partial charge < -0.3 is 9.84 Å². The van der Waals surface area contributed by atoms with Crippen molar-refractivity contribution in [1.29, 1.82) is 0 Å². The SMILES string of the molecule is CCCCCCCCCCCCCCCCOC1CCC(O)C2CCCC1CC2. The number of fused-ring (bicyclic) bond motifs is 3. The Morgan fingerprint density at radius 2 is 1.10 bits per heavy atom. The molecule has 2 aliphatic rings. The van der Waals surface area contributed by atoms with Gasteiger partial charge in [0.2, 0.25) is 0 Å². The van der Waals surface area contributed by atoms with Gasteiger partial charge in [0.05, 0.1) is 12.2 Å². The molecule has 0 aromatic carbocycles. The first-order valence-corrected chi connectivity index (χ1v) is 13.6. The molecule has 29 heavy (non-hydrogen) atoms. The quantitative estimate of drug-likeness (QED) is 0.261. The minimum absolute atomic E-state index is 0.0683. The third-order valence-electron chi connectivity index (χ3n) is 7.70. The molecule has 2 saturated carbocycles. The zero-order valence-corrected chi connectivity index (χ0v) is 19.7. The van der Waals surface area contributed by atoms with E-state index >= 15 is 0 Å². The molecule has 1 N–H and O–H groups in total. The van der Waals surface area contributed by atoms with E-state index < -0.39 is 0 Å². The monoisotopic (exact) mass is 408 g/mol. The Kier molecular flexibility index (Phi) is 14.4. The van der Waals surface area contributed by atoms with Crippen LogP contribution in [-0.2, 0) is 4.74 Å². The summed E-state index contributed by atoms with van der Waals surface area (Å²) in [5.41, 5.74) is 0. The fourth-order valence-electron chi connectivity index (χ4n) is 5.67. The van der Waals surface area contributed by atoms with E-state index in [1.54, 1.807) is 0 Å². The van der Waals surface area contributed by atoms with Gasteiger partial charge in [-0.25, -0.2) is 0 Å². The van der Waals surface area contributed by atoms with Crippen LogP contribution in [0.5, 0.6) is 0 Å². The van der Waals surface area contributed by atoms with Crippen molar-refractivity contribution >= 4 is 0 Å². The van der Waals surface area contributed by atoms with Crippen LogP contribution in [-0.4, -0.2) is 23.9 Å². The average Bonchev–Trinajstić information content (AvgIpc) is 2.95. The van der Waals surface area contributed by atoms with Gasteiger partial charge in [-0.05, 0) is 56.8 Å². The van der Waals surface area contributed by atoms with Gasteiger partial charge in [-0.3, -0.25) is 0 Å². The summed E-state index contributed by atoms with van der Waals surface area (Å²) in [7, 11) is 0. The number of hydrogen-bond acceptors (Lipinski definition) is 2. The molecule has 0 aliphatic heterocycles. The standard InChI is InChI=1S/C27H52O2/c1-2-3-4-5-6-7-8-9-10-11-12-13-14-15-23-29-27-22-21-26(28)24-17-16-18-25(27)20-19-24/h24-28H,2-23H2,1H3. The van der Waals surface area contributed by atoms with E-state index in [0.29, 0.717) is 12.0 Å². The van der Waals surface area contributed by atoms with E-state index in [0.717, 1.165) is 25.4 Å². The summed E-state index contributed by atoms with van der Waals surface area (Å²) in [6, 6.07) is 0. The third-order valence-corrected chi connectivity index (χ3v) is 7.70. The molecule has 0 heterocycles. The molecule has 0 aromatic rings. The summed E-state index contributed by atoms with van der Waals surface area (Å²) < 4.78 is 6.35. The highest BCUT2D eigenvalue weighted by Gasteiger charge is 2.32. The number of hydrogen-bond donors (Lipinski definition) is 1. The highest BCUT2D eigenvalue weighted by molar-refractivity contribution is 4.84. The zero-order valence-electron chi connectivity index (χ0n) is 19.7. The number of ether oxygens (including phenoxy) is 1. The van der Waals surface area contributed by atoms with E-state index in [-0.39, 0.29) is 6.10 Å².